The van der Waals surface area contributed by atoms with Crippen molar-refractivity contribution >= 4 is 33.2 Å². The summed E-state index contributed by atoms with van der Waals surface area (Å²) in [6.07, 6.45) is 4.38. The van der Waals surface area contributed by atoms with E-state index in [0.717, 1.165) is 48.2 Å². The van der Waals surface area contributed by atoms with Crippen molar-refractivity contribution in [1.29, 1.82) is 0 Å². The summed E-state index contributed by atoms with van der Waals surface area (Å²) in [6, 6.07) is 10.5. The number of ether oxygens (including phenoxy) is 1. The third-order valence-corrected chi connectivity index (χ3v) is 8.40. The smallest absolute Gasteiger partial charge is 0.264 e. The van der Waals surface area contributed by atoms with Crippen LogP contribution in [0.25, 0.3) is 0 Å². The van der Waals surface area contributed by atoms with Crippen LogP contribution in [0.2, 0.25) is 0 Å². The van der Waals surface area contributed by atoms with Gasteiger partial charge in [0.25, 0.3) is 5.91 Å². The third-order valence-electron chi connectivity index (χ3n) is 6.51. The Hall–Kier alpha value is -2.91. The van der Waals surface area contributed by atoms with Crippen molar-refractivity contribution in [3.63, 3.8) is 0 Å². The first-order valence-corrected chi connectivity index (χ1v) is 12.8. The standard InChI is InChI=1S/C24H27N3O5S/c28-23-10-5-17-14-19(6-8-21(17)25-23)32-16-24(29)27-13-3-4-18-15-20(7-9-22(18)27)33(30,31)26-11-1-2-12-26/h6-9,14-15H,1-5,10-13,16H2,(H,25,28). The molecular weight excluding hydrogens is 442 g/mol. The lowest BCUT2D eigenvalue weighted by atomic mass is 10.0. The van der Waals surface area contributed by atoms with Gasteiger partial charge in [-0.15, -0.1) is 0 Å². The van der Waals surface area contributed by atoms with Crippen molar-refractivity contribution in [3.8, 4) is 5.75 Å². The molecule has 9 heteroatoms. The van der Waals surface area contributed by atoms with Crippen molar-refractivity contribution < 1.29 is 22.7 Å². The predicted octanol–water partition coefficient (Wildman–Crippen LogP) is 2.71. The molecule has 0 aromatic heterocycles. The highest BCUT2D eigenvalue weighted by Gasteiger charge is 2.30. The Labute approximate surface area is 193 Å². The average molecular weight is 470 g/mol. The third kappa shape index (κ3) is 4.35. The molecule has 0 atom stereocenters. The summed E-state index contributed by atoms with van der Waals surface area (Å²) in [7, 11) is -3.49. The van der Waals surface area contributed by atoms with Gasteiger partial charge in [0.1, 0.15) is 5.75 Å². The van der Waals surface area contributed by atoms with E-state index < -0.39 is 10.0 Å². The lowest BCUT2D eigenvalue weighted by molar-refractivity contribution is -0.120. The molecule has 2 aromatic carbocycles. The fourth-order valence-corrected chi connectivity index (χ4v) is 6.31. The van der Waals surface area contributed by atoms with Gasteiger partial charge in [-0.2, -0.15) is 4.31 Å². The number of anilines is 2. The highest BCUT2D eigenvalue weighted by Crippen LogP contribution is 2.32. The van der Waals surface area contributed by atoms with E-state index in [0.29, 0.717) is 43.1 Å². The molecule has 3 aliphatic rings. The number of benzene rings is 2. The van der Waals surface area contributed by atoms with Gasteiger partial charge in [-0.1, -0.05) is 0 Å². The number of carbonyl (C=O) groups excluding carboxylic acids is 2. The van der Waals surface area contributed by atoms with Crippen molar-refractivity contribution in [2.45, 2.75) is 43.4 Å². The minimum absolute atomic E-state index is 0.00602. The summed E-state index contributed by atoms with van der Waals surface area (Å²) in [6.45, 7) is 1.59. The molecule has 1 saturated heterocycles. The molecule has 2 amide bonds. The molecule has 2 aromatic rings. The van der Waals surface area contributed by atoms with Crippen LogP contribution in [0.3, 0.4) is 0 Å². The maximum Gasteiger partial charge on any atom is 0.264 e. The normalized spacial score (nSPS) is 18.4. The zero-order valence-electron chi connectivity index (χ0n) is 18.4. The molecule has 5 rings (SSSR count). The molecule has 33 heavy (non-hydrogen) atoms. The Morgan fingerprint density at radius 2 is 1.76 bits per heavy atom. The maximum absolute atomic E-state index is 13.0. The Bertz CT molecular complexity index is 1200. The lowest BCUT2D eigenvalue weighted by Gasteiger charge is -2.30. The number of rotatable bonds is 5. The van der Waals surface area contributed by atoms with E-state index in [9.17, 15) is 18.0 Å². The van der Waals surface area contributed by atoms with E-state index in [2.05, 4.69) is 5.32 Å². The number of carbonyl (C=O) groups is 2. The molecule has 3 heterocycles. The van der Waals surface area contributed by atoms with Crippen LogP contribution < -0.4 is 15.0 Å². The fraction of sp³-hybridized carbons (Fsp3) is 0.417. The van der Waals surface area contributed by atoms with Gasteiger partial charge < -0.3 is 15.0 Å². The van der Waals surface area contributed by atoms with Crippen LogP contribution in [0.1, 0.15) is 36.8 Å². The molecule has 0 spiro atoms. The van der Waals surface area contributed by atoms with Gasteiger partial charge in [-0.3, -0.25) is 9.59 Å². The van der Waals surface area contributed by atoms with Gasteiger partial charge in [0.05, 0.1) is 4.90 Å². The van der Waals surface area contributed by atoms with Gasteiger partial charge in [-0.25, -0.2) is 8.42 Å². The zero-order chi connectivity index (χ0) is 23.0. The monoisotopic (exact) mass is 469 g/mol. The molecule has 0 radical (unpaired) electrons. The number of nitrogens with zero attached hydrogens (tertiary/aromatic N) is 2. The number of hydrogen-bond acceptors (Lipinski definition) is 5. The summed E-state index contributed by atoms with van der Waals surface area (Å²) >= 11 is 0. The van der Waals surface area contributed by atoms with Crippen LogP contribution in [-0.4, -0.2) is 50.8 Å². The molecule has 1 N–H and O–H groups in total. The minimum atomic E-state index is -3.49. The fourth-order valence-electron chi connectivity index (χ4n) is 4.74. The molecule has 0 unspecified atom stereocenters. The van der Waals surface area contributed by atoms with Crippen LogP contribution in [0.5, 0.6) is 5.75 Å². The highest BCUT2D eigenvalue weighted by atomic mass is 32.2. The summed E-state index contributed by atoms with van der Waals surface area (Å²) < 4.78 is 33.1. The number of aryl methyl sites for hydroxylation is 2. The van der Waals surface area contributed by atoms with Crippen LogP contribution in [0.15, 0.2) is 41.3 Å². The summed E-state index contributed by atoms with van der Waals surface area (Å²) in [5, 5.41) is 2.83. The van der Waals surface area contributed by atoms with E-state index in [1.807, 2.05) is 6.07 Å². The van der Waals surface area contributed by atoms with Crippen molar-refractivity contribution in [1.82, 2.24) is 4.31 Å². The molecule has 0 aliphatic carbocycles. The van der Waals surface area contributed by atoms with Gasteiger partial charge in [0, 0.05) is 37.4 Å². The van der Waals surface area contributed by atoms with E-state index >= 15 is 0 Å². The SMILES string of the molecule is O=C1CCc2cc(OCC(=O)N3CCCc4cc(S(=O)(=O)N5CCCC5)ccc43)ccc2N1. The molecule has 3 aliphatic heterocycles. The molecule has 1 fully saturated rings. The largest absolute Gasteiger partial charge is 0.484 e. The Morgan fingerprint density at radius 3 is 2.58 bits per heavy atom. The summed E-state index contributed by atoms with van der Waals surface area (Å²) in [5.41, 5.74) is 3.41. The predicted molar refractivity (Wildman–Crippen MR) is 124 cm³/mol. The van der Waals surface area contributed by atoms with Crippen LogP contribution >= 0.6 is 0 Å². The molecular formula is C24H27N3O5S. The molecule has 0 bridgehead atoms. The zero-order valence-corrected chi connectivity index (χ0v) is 19.2. The van der Waals surface area contributed by atoms with Crippen LogP contribution in [0.4, 0.5) is 11.4 Å². The van der Waals surface area contributed by atoms with E-state index in [1.54, 1.807) is 39.5 Å². The number of hydrogen-bond donors (Lipinski definition) is 1. The average Bonchev–Trinajstić information content (AvgIpc) is 3.38. The Kier molecular flexibility index (Phi) is 5.84. The van der Waals surface area contributed by atoms with E-state index in [-0.39, 0.29) is 18.4 Å². The van der Waals surface area contributed by atoms with Crippen molar-refractivity contribution in [2.24, 2.45) is 0 Å². The molecule has 174 valence electrons. The van der Waals surface area contributed by atoms with E-state index in [4.69, 9.17) is 4.74 Å². The second-order valence-corrected chi connectivity index (χ2v) is 10.6. The highest BCUT2D eigenvalue weighted by molar-refractivity contribution is 7.89. The van der Waals surface area contributed by atoms with Crippen LogP contribution in [-0.2, 0) is 32.5 Å². The first-order valence-electron chi connectivity index (χ1n) is 11.4. The first kappa shape index (κ1) is 21.9. The van der Waals surface area contributed by atoms with Gasteiger partial charge >= 0.3 is 0 Å². The first-order chi connectivity index (χ1) is 15.9. The second kappa shape index (κ2) is 8.79. The minimum Gasteiger partial charge on any atom is -0.484 e. The number of amides is 2. The van der Waals surface area contributed by atoms with Crippen molar-refractivity contribution in [2.75, 3.05) is 36.5 Å². The maximum atomic E-state index is 13.0. The number of nitrogens with one attached hydrogen (secondary N) is 1. The van der Waals surface area contributed by atoms with Gasteiger partial charge in [0.15, 0.2) is 6.61 Å². The van der Waals surface area contributed by atoms with Crippen molar-refractivity contribution in [3.05, 3.63) is 47.5 Å². The Morgan fingerprint density at radius 1 is 0.939 bits per heavy atom. The topological polar surface area (TPSA) is 96.0 Å². The summed E-state index contributed by atoms with van der Waals surface area (Å²) in [5.74, 6) is 0.422. The summed E-state index contributed by atoms with van der Waals surface area (Å²) in [4.78, 5) is 26.5. The quantitative estimate of drug-likeness (QED) is 0.727. The van der Waals surface area contributed by atoms with Crippen LogP contribution in [0, 0.1) is 0 Å². The second-order valence-electron chi connectivity index (χ2n) is 8.71. The Balaban J connectivity index is 1.29. The number of sulfonamides is 1. The molecule has 8 nitrogen and oxygen atoms in total. The number of fused-ring (bicyclic) bond motifs is 2. The van der Waals surface area contributed by atoms with Gasteiger partial charge in [-0.05, 0) is 79.6 Å². The lowest BCUT2D eigenvalue weighted by Crippen LogP contribution is -2.38. The molecule has 0 saturated carbocycles. The van der Waals surface area contributed by atoms with E-state index in [1.165, 1.54) is 0 Å². The van der Waals surface area contributed by atoms with Gasteiger partial charge in [0.2, 0.25) is 15.9 Å².